The average molecular weight is 224 g/mol. The van der Waals surface area contributed by atoms with Gasteiger partial charge in [0.25, 0.3) is 0 Å². The summed E-state index contributed by atoms with van der Waals surface area (Å²) >= 11 is 2.89. The maximum absolute atomic E-state index is 10.9. The lowest BCUT2D eigenvalue weighted by molar-refractivity contribution is 0.0703. The fourth-order valence-corrected chi connectivity index (χ4v) is 2.96. The van der Waals surface area contributed by atoms with Crippen molar-refractivity contribution in [2.75, 3.05) is 0 Å². The third-order valence-corrected chi connectivity index (χ3v) is 3.80. The molecule has 2 aromatic rings. The zero-order valence-corrected chi connectivity index (χ0v) is 9.11. The number of carboxylic acids is 1. The molecule has 4 heteroatoms. The molecule has 0 spiro atoms. The number of hydrogen-bond acceptors (Lipinski definition) is 3. The normalized spacial score (nSPS) is 10.4. The Labute approximate surface area is 89.5 Å². The second-order valence-corrected chi connectivity index (χ2v) is 5.08. The van der Waals surface area contributed by atoms with Crippen LogP contribution in [-0.2, 0) is 0 Å². The molecule has 72 valence electrons. The Balaban J connectivity index is 2.51. The van der Waals surface area contributed by atoms with Crippen molar-refractivity contribution >= 4 is 28.6 Å². The van der Waals surface area contributed by atoms with Gasteiger partial charge in [0, 0.05) is 15.3 Å². The highest BCUT2D eigenvalue weighted by Gasteiger charge is 2.13. The van der Waals surface area contributed by atoms with E-state index in [4.69, 9.17) is 5.11 Å². The van der Waals surface area contributed by atoms with Crippen LogP contribution in [0, 0.1) is 6.92 Å². The number of carboxylic acid groups (broad SMARTS) is 1. The van der Waals surface area contributed by atoms with Crippen LogP contribution in [0.4, 0.5) is 0 Å². The van der Waals surface area contributed by atoms with E-state index in [2.05, 4.69) is 0 Å². The Kier molecular flexibility index (Phi) is 2.39. The van der Waals surface area contributed by atoms with E-state index in [-0.39, 0.29) is 0 Å². The number of thiophene rings is 2. The molecule has 0 fully saturated rings. The van der Waals surface area contributed by atoms with E-state index in [0.29, 0.717) is 4.88 Å². The molecule has 0 unspecified atom stereocenters. The molecule has 14 heavy (non-hydrogen) atoms. The Morgan fingerprint density at radius 3 is 2.71 bits per heavy atom. The zero-order valence-electron chi connectivity index (χ0n) is 7.48. The monoisotopic (exact) mass is 224 g/mol. The topological polar surface area (TPSA) is 37.3 Å². The minimum Gasteiger partial charge on any atom is -0.477 e. The van der Waals surface area contributed by atoms with Crippen molar-refractivity contribution in [3.8, 4) is 10.4 Å². The Morgan fingerprint density at radius 2 is 2.14 bits per heavy atom. The lowest BCUT2D eigenvalue weighted by Crippen LogP contribution is -1.93. The summed E-state index contributed by atoms with van der Waals surface area (Å²) < 4.78 is 0. The lowest BCUT2D eigenvalue weighted by atomic mass is 10.2. The molecule has 0 saturated heterocycles. The highest BCUT2D eigenvalue weighted by Crippen LogP contribution is 2.33. The molecule has 0 bridgehead atoms. The van der Waals surface area contributed by atoms with E-state index in [1.807, 2.05) is 30.5 Å². The Morgan fingerprint density at radius 1 is 1.36 bits per heavy atom. The summed E-state index contributed by atoms with van der Waals surface area (Å²) in [5.74, 6) is -0.846. The number of hydrogen-bond donors (Lipinski definition) is 1. The van der Waals surface area contributed by atoms with Crippen LogP contribution in [0.5, 0.6) is 0 Å². The Hall–Kier alpha value is -1.13. The van der Waals surface area contributed by atoms with Gasteiger partial charge in [0.1, 0.15) is 4.88 Å². The van der Waals surface area contributed by atoms with Crippen molar-refractivity contribution in [3.63, 3.8) is 0 Å². The van der Waals surface area contributed by atoms with Gasteiger partial charge in [-0.15, -0.1) is 22.7 Å². The first-order valence-electron chi connectivity index (χ1n) is 4.06. The molecule has 0 aliphatic rings. The highest BCUT2D eigenvalue weighted by molar-refractivity contribution is 7.16. The third-order valence-electron chi connectivity index (χ3n) is 1.87. The number of aryl methyl sites for hydroxylation is 1. The van der Waals surface area contributed by atoms with E-state index in [1.54, 1.807) is 11.3 Å². The van der Waals surface area contributed by atoms with Gasteiger partial charge in [-0.2, -0.15) is 0 Å². The van der Waals surface area contributed by atoms with Crippen LogP contribution in [0.15, 0.2) is 23.6 Å². The smallest absolute Gasteiger partial charge is 0.346 e. The standard InChI is InChI=1S/C10H8O2S2/c1-6-2-3-8(14-6)7-4-5-13-9(7)10(11)12/h2-5H,1H3,(H,11,12). The quantitative estimate of drug-likeness (QED) is 0.847. The van der Waals surface area contributed by atoms with Crippen molar-refractivity contribution in [1.82, 2.24) is 0 Å². The first kappa shape index (κ1) is 9.43. The zero-order chi connectivity index (χ0) is 10.1. The molecule has 0 atom stereocenters. The second kappa shape index (κ2) is 3.55. The van der Waals surface area contributed by atoms with Crippen molar-refractivity contribution < 1.29 is 9.90 Å². The van der Waals surface area contributed by atoms with Gasteiger partial charge in [-0.05, 0) is 30.5 Å². The summed E-state index contributed by atoms with van der Waals surface area (Å²) in [6.07, 6.45) is 0. The first-order chi connectivity index (χ1) is 6.68. The van der Waals surface area contributed by atoms with Gasteiger partial charge in [0.2, 0.25) is 0 Å². The summed E-state index contributed by atoms with van der Waals surface area (Å²) in [5, 5.41) is 10.8. The maximum Gasteiger partial charge on any atom is 0.346 e. The van der Waals surface area contributed by atoms with Crippen LogP contribution in [0.1, 0.15) is 14.5 Å². The van der Waals surface area contributed by atoms with Crippen LogP contribution in [0.3, 0.4) is 0 Å². The van der Waals surface area contributed by atoms with Crippen LogP contribution in [0.2, 0.25) is 0 Å². The Bertz CT molecular complexity index is 468. The largest absolute Gasteiger partial charge is 0.477 e. The summed E-state index contributed by atoms with van der Waals surface area (Å²) in [5.41, 5.74) is 0.834. The van der Waals surface area contributed by atoms with Crippen molar-refractivity contribution in [2.24, 2.45) is 0 Å². The van der Waals surface area contributed by atoms with E-state index in [0.717, 1.165) is 10.4 Å². The van der Waals surface area contributed by atoms with Crippen molar-refractivity contribution in [3.05, 3.63) is 33.3 Å². The minimum absolute atomic E-state index is 0.423. The molecule has 2 heterocycles. The molecule has 0 radical (unpaired) electrons. The number of aromatic carboxylic acids is 1. The van der Waals surface area contributed by atoms with Crippen LogP contribution in [0.25, 0.3) is 10.4 Å². The summed E-state index contributed by atoms with van der Waals surface area (Å²) in [4.78, 5) is 13.5. The average Bonchev–Trinajstić information content (AvgIpc) is 2.70. The molecule has 2 nitrogen and oxygen atoms in total. The highest BCUT2D eigenvalue weighted by atomic mass is 32.1. The first-order valence-corrected chi connectivity index (χ1v) is 5.75. The van der Waals surface area contributed by atoms with Crippen LogP contribution in [-0.4, -0.2) is 11.1 Å². The molecular weight excluding hydrogens is 216 g/mol. The summed E-state index contributed by atoms with van der Waals surface area (Å²) in [6.45, 7) is 2.01. The minimum atomic E-state index is -0.846. The van der Waals surface area contributed by atoms with E-state index in [1.165, 1.54) is 16.2 Å². The fourth-order valence-electron chi connectivity index (χ4n) is 1.25. The number of carbonyl (C=O) groups is 1. The predicted octanol–water partition coefficient (Wildman–Crippen LogP) is 3.48. The van der Waals surface area contributed by atoms with Gasteiger partial charge in [-0.3, -0.25) is 0 Å². The molecule has 2 aromatic heterocycles. The summed E-state index contributed by atoms with van der Waals surface area (Å²) in [6, 6.07) is 5.83. The van der Waals surface area contributed by atoms with Gasteiger partial charge in [0.15, 0.2) is 0 Å². The molecule has 0 amide bonds. The maximum atomic E-state index is 10.9. The van der Waals surface area contributed by atoms with Gasteiger partial charge >= 0.3 is 5.97 Å². The molecule has 0 aliphatic carbocycles. The number of rotatable bonds is 2. The molecule has 0 aromatic carbocycles. The van der Waals surface area contributed by atoms with E-state index < -0.39 is 5.97 Å². The molecule has 1 N–H and O–H groups in total. The molecular formula is C10H8O2S2. The summed E-state index contributed by atoms with van der Waals surface area (Å²) in [7, 11) is 0. The molecule has 0 aliphatic heterocycles. The van der Waals surface area contributed by atoms with Gasteiger partial charge in [0.05, 0.1) is 0 Å². The predicted molar refractivity (Wildman–Crippen MR) is 59.3 cm³/mol. The van der Waals surface area contributed by atoms with Crippen LogP contribution < -0.4 is 0 Å². The van der Waals surface area contributed by atoms with E-state index >= 15 is 0 Å². The molecule has 2 rings (SSSR count). The van der Waals surface area contributed by atoms with Gasteiger partial charge in [-0.25, -0.2) is 4.79 Å². The lowest BCUT2D eigenvalue weighted by Gasteiger charge is -1.94. The third kappa shape index (κ3) is 1.58. The van der Waals surface area contributed by atoms with E-state index in [9.17, 15) is 4.79 Å². The SMILES string of the molecule is Cc1ccc(-c2ccsc2C(=O)O)s1. The molecule has 0 saturated carbocycles. The van der Waals surface area contributed by atoms with Gasteiger partial charge < -0.3 is 5.11 Å². The fraction of sp³-hybridized carbons (Fsp3) is 0.100. The van der Waals surface area contributed by atoms with Crippen LogP contribution >= 0.6 is 22.7 Å². The van der Waals surface area contributed by atoms with Crippen molar-refractivity contribution in [2.45, 2.75) is 6.92 Å². The van der Waals surface area contributed by atoms with Crippen molar-refractivity contribution in [1.29, 1.82) is 0 Å². The van der Waals surface area contributed by atoms with Gasteiger partial charge in [-0.1, -0.05) is 0 Å². The second-order valence-electron chi connectivity index (χ2n) is 2.88.